The molecule has 0 spiro atoms. The average molecular weight is 526 g/mol. The van der Waals surface area contributed by atoms with Crippen LogP contribution < -0.4 is 10.5 Å². The number of anilines is 1. The minimum atomic E-state index is -0.710. The molecule has 0 fully saturated rings. The Morgan fingerprint density at radius 1 is 1.00 bits per heavy atom. The van der Waals surface area contributed by atoms with Crippen molar-refractivity contribution >= 4 is 66.7 Å². The van der Waals surface area contributed by atoms with Crippen molar-refractivity contribution in [3.63, 3.8) is 0 Å². The number of fused-ring (bicyclic) bond motifs is 4. The largest absolute Gasteiger partial charge is 0.422 e. The highest BCUT2D eigenvalue weighted by Crippen LogP contribution is 2.31. The number of hydrogen-bond acceptors (Lipinski definition) is 6. The average Bonchev–Trinajstić information content (AvgIpc) is 3.31. The van der Waals surface area contributed by atoms with Crippen LogP contribution in [-0.2, 0) is 0 Å². The summed E-state index contributed by atoms with van der Waals surface area (Å²) in [5, 5.41) is 2.90. The summed E-state index contributed by atoms with van der Waals surface area (Å²) < 4.78 is 20.6. The van der Waals surface area contributed by atoms with Gasteiger partial charge < -0.3 is 9.32 Å². The predicted molar refractivity (Wildman–Crippen MR) is 146 cm³/mol. The first-order valence-corrected chi connectivity index (χ1v) is 12.4. The van der Waals surface area contributed by atoms with Gasteiger partial charge in [0.25, 0.3) is 5.91 Å². The number of halogens is 2. The number of thiazole rings is 1. The van der Waals surface area contributed by atoms with Crippen LogP contribution in [0.5, 0.6) is 0 Å². The van der Waals surface area contributed by atoms with Crippen LogP contribution in [0.25, 0.3) is 32.0 Å². The molecule has 0 aliphatic rings. The van der Waals surface area contributed by atoms with Gasteiger partial charge in [0.2, 0.25) is 0 Å². The number of carbonyl (C=O) groups is 1. The van der Waals surface area contributed by atoms with E-state index in [1.165, 1.54) is 22.3 Å². The molecule has 9 heteroatoms. The summed E-state index contributed by atoms with van der Waals surface area (Å²) in [5.41, 5.74) is -0.155. The van der Waals surface area contributed by atoms with Gasteiger partial charge in [-0.1, -0.05) is 61.6 Å². The van der Waals surface area contributed by atoms with Gasteiger partial charge in [0.15, 0.2) is 5.13 Å². The lowest BCUT2D eigenvalue weighted by molar-refractivity contribution is 0.0980. The summed E-state index contributed by atoms with van der Waals surface area (Å²) in [7, 11) is 0. The first-order chi connectivity index (χ1) is 17.0. The number of hydrogen-bond donors (Lipinski definition) is 0. The van der Waals surface area contributed by atoms with Gasteiger partial charge in [-0.25, -0.2) is 14.2 Å². The second-order valence-corrected chi connectivity index (χ2v) is 9.22. The van der Waals surface area contributed by atoms with Crippen molar-refractivity contribution in [2.24, 2.45) is 0 Å². The van der Waals surface area contributed by atoms with Crippen LogP contribution in [0.1, 0.15) is 24.2 Å². The van der Waals surface area contributed by atoms with Crippen molar-refractivity contribution in [2.45, 2.75) is 13.8 Å². The van der Waals surface area contributed by atoms with Crippen molar-refractivity contribution < 1.29 is 13.6 Å². The number of rotatable bonds is 7. The molecule has 2 heterocycles. The molecule has 0 unspecified atom stereocenters. The first kappa shape index (κ1) is 25.8. The molecule has 2 aromatic heterocycles. The van der Waals surface area contributed by atoms with Gasteiger partial charge in [-0.2, -0.15) is 0 Å². The maximum absolute atomic E-state index is 14.4. The Balaban J connectivity index is 0.00000304. The standard InChI is InChI=1S/C27H24FN3O3S.ClH/c1-3-30(4-2)14-15-31(27-29-24-21(28)10-7-11-23(24)35-27)25(32)20-16-19-18-9-6-5-8-17(18)12-13-22(19)34-26(20)33;/h5-13,16H,3-4,14-15H2,1-2H3;1H. The predicted octanol–water partition coefficient (Wildman–Crippen LogP) is 6.11. The third-order valence-electron chi connectivity index (χ3n) is 6.24. The van der Waals surface area contributed by atoms with E-state index in [0.29, 0.717) is 33.9 Å². The van der Waals surface area contributed by atoms with Crippen molar-refractivity contribution in [3.8, 4) is 0 Å². The van der Waals surface area contributed by atoms with Gasteiger partial charge in [-0.15, -0.1) is 12.4 Å². The zero-order chi connectivity index (χ0) is 24.5. The van der Waals surface area contributed by atoms with Crippen molar-refractivity contribution in [3.05, 3.63) is 82.5 Å². The lowest BCUT2D eigenvalue weighted by atomic mass is 10.0. The molecule has 6 nitrogen and oxygen atoms in total. The number of benzene rings is 3. The van der Waals surface area contributed by atoms with Gasteiger partial charge in [-0.05, 0) is 48.1 Å². The van der Waals surface area contributed by atoms with Crippen LogP contribution in [0.4, 0.5) is 9.52 Å². The SMILES string of the molecule is CCN(CC)CCN(C(=O)c1cc2c(ccc3ccccc32)oc1=O)c1nc2c(F)cccc2s1.Cl. The number of likely N-dealkylation sites (N-methyl/N-ethyl adjacent to an activating group) is 1. The van der Waals surface area contributed by atoms with Crippen molar-refractivity contribution in [1.29, 1.82) is 0 Å². The quantitative estimate of drug-likeness (QED) is 0.189. The molecule has 0 atom stereocenters. The van der Waals surface area contributed by atoms with Crippen molar-refractivity contribution in [1.82, 2.24) is 9.88 Å². The van der Waals surface area contributed by atoms with Gasteiger partial charge in [-0.3, -0.25) is 9.69 Å². The van der Waals surface area contributed by atoms with E-state index in [-0.39, 0.29) is 23.5 Å². The maximum atomic E-state index is 14.4. The van der Waals surface area contributed by atoms with E-state index in [4.69, 9.17) is 4.42 Å². The monoisotopic (exact) mass is 525 g/mol. The number of nitrogens with zero attached hydrogens (tertiary/aromatic N) is 3. The Hall–Kier alpha value is -3.33. The van der Waals surface area contributed by atoms with E-state index < -0.39 is 17.3 Å². The Kier molecular flexibility index (Phi) is 7.68. The second kappa shape index (κ2) is 10.7. The molecular formula is C27H25ClFN3O3S. The highest BCUT2D eigenvalue weighted by molar-refractivity contribution is 7.22. The van der Waals surface area contributed by atoms with Crippen LogP contribution >= 0.6 is 23.7 Å². The lowest BCUT2D eigenvalue weighted by Gasteiger charge is -2.24. The minimum Gasteiger partial charge on any atom is -0.422 e. The summed E-state index contributed by atoms with van der Waals surface area (Å²) in [6.07, 6.45) is 0. The van der Waals surface area contributed by atoms with Crippen LogP contribution in [0.2, 0.25) is 0 Å². The molecular weight excluding hydrogens is 501 g/mol. The molecule has 1 amide bonds. The smallest absolute Gasteiger partial charge is 0.349 e. The fraction of sp³-hybridized carbons (Fsp3) is 0.222. The summed E-state index contributed by atoms with van der Waals surface area (Å²) in [5.74, 6) is -0.960. The summed E-state index contributed by atoms with van der Waals surface area (Å²) in [4.78, 5) is 34.8. The number of amides is 1. The van der Waals surface area contributed by atoms with Crippen LogP contribution in [0.3, 0.4) is 0 Å². The Morgan fingerprint density at radius 3 is 2.53 bits per heavy atom. The summed E-state index contributed by atoms with van der Waals surface area (Å²) in [6.45, 7) is 6.61. The lowest BCUT2D eigenvalue weighted by Crippen LogP contribution is -2.40. The fourth-order valence-electron chi connectivity index (χ4n) is 4.25. The molecule has 5 rings (SSSR count). The first-order valence-electron chi connectivity index (χ1n) is 11.5. The van der Waals surface area contributed by atoms with Gasteiger partial charge >= 0.3 is 5.63 Å². The molecule has 0 saturated heterocycles. The molecule has 0 aliphatic carbocycles. The molecule has 3 aromatic carbocycles. The third kappa shape index (κ3) is 4.72. The highest BCUT2D eigenvalue weighted by Gasteiger charge is 2.26. The van der Waals surface area contributed by atoms with Crippen LogP contribution in [0, 0.1) is 5.82 Å². The van der Waals surface area contributed by atoms with Gasteiger partial charge in [0.1, 0.15) is 22.5 Å². The van der Waals surface area contributed by atoms with Gasteiger partial charge in [0.05, 0.1) is 4.70 Å². The molecule has 36 heavy (non-hydrogen) atoms. The minimum absolute atomic E-state index is 0. The van der Waals surface area contributed by atoms with E-state index in [0.717, 1.165) is 23.9 Å². The molecule has 0 bridgehead atoms. The number of para-hydroxylation sites is 1. The molecule has 186 valence electrons. The van der Waals surface area contributed by atoms with Gasteiger partial charge in [0, 0.05) is 18.5 Å². The van der Waals surface area contributed by atoms with E-state index in [9.17, 15) is 14.0 Å². The molecule has 0 saturated carbocycles. The Labute approximate surface area is 217 Å². The number of carbonyl (C=O) groups excluding carboxylic acids is 1. The Bertz CT molecular complexity index is 1610. The molecule has 0 aliphatic heterocycles. The zero-order valence-electron chi connectivity index (χ0n) is 19.9. The van der Waals surface area contributed by atoms with E-state index in [1.54, 1.807) is 24.3 Å². The normalized spacial score (nSPS) is 11.3. The highest BCUT2D eigenvalue weighted by atomic mass is 35.5. The Morgan fingerprint density at radius 2 is 1.78 bits per heavy atom. The van der Waals surface area contributed by atoms with E-state index in [1.807, 2.05) is 44.2 Å². The topological polar surface area (TPSA) is 66.7 Å². The zero-order valence-corrected chi connectivity index (χ0v) is 21.5. The van der Waals surface area contributed by atoms with E-state index >= 15 is 0 Å². The fourth-order valence-corrected chi connectivity index (χ4v) is 5.25. The number of aromatic nitrogens is 1. The van der Waals surface area contributed by atoms with Crippen LogP contribution in [0.15, 0.2) is 69.9 Å². The molecule has 0 N–H and O–H groups in total. The maximum Gasteiger partial charge on any atom is 0.349 e. The van der Waals surface area contributed by atoms with Crippen molar-refractivity contribution in [2.75, 3.05) is 31.1 Å². The summed E-state index contributed by atoms with van der Waals surface area (Å²) in [6, 6.07) is 17.7. The van der Waals surface area contributed by atoms with E-state index in [2.05, 4.69) is 9.88 Å². The molecule has 0 radical (unpaired) electrons. The third-order valence-corrected chi connectivity index (χ3v) is 7.28. The second-order valence-electron chi connectivity index (χ2n) is 8.21. The molecule has 5 aromatic rings. The summed E-state index contributed by atoms with van der Waals surface area (Å²) >= 11 is 1.22. The van der Waals surface area contributed by atoms with Crippen LogP contribution in [-0.4, -0.2) is 42.0 Å².